The van der Waals surface area contributed by atoms with E-state index in [2.05, 4.69) is 20.2 Å². The Kier molecular flexibility index (Phi) is 3.56. The first-order valence-electron chi connectivity index (χ1n) is 8.68. The topological polar surface area (TPSA) is 123 Å². The van der Waals surface area contributed by atoms with Gasteiger partial charge in [-0.25, -0.2) is 19.3 Å². The quantitative estimate of drug-likeness (QED) is 0.705. The molecule has 0 saturated heterocycles. The normalized spacial score (nSPS) is 17.7. The molecule has 10 nitrogen and oxygen atoms in total. The lowest BCUT2D eigenvalue weighted by molar-refractivity contribution is -0.117. The molecule has 10 heteroatoms. The number of hydrogen-bond donors (Lipinski definition) is 1. The lowest BCUT2D eigenvalue weighted by Gasteiger charge is -2.22. The van der Waals surface area contributed by atoms with Crippen molar-refractivity contribution in [2.45, 2.75) is 31.7 Å². The van der Waals surface area contributed by atoms with Crippen molar-refractivity contribution in [1.29, 1.82) is 0 Å². The second-order valence-corrected chi connectivity index (χ2v) is 6.57. The molecule has 0 bridgehead atoms. The first-order chi connectivity index (χ1) is 13.2. The Bertz CT molecular complexity index is 1030. The summed E-state index contributed by atoms with van der Waals surface area (Å²) in [6, 6.07) is 5.59. The molecule has 2 N–H and O–H groups in total. The van der Waals surface area contributed by atoms with Gasteiger partial charge in [-0.15, -0.1) is 0 Å². The van der Waals surface area contributed by atoms with Crippen LogP contribution in [0, 0.1) is 0 Å². The van der Waals surface area contributed by atoms with E-state index in [0.717, 1.165) is 30.2 Å². The summed E-state index contributed by atoms with van der Waals surface area (Å²) < 4.78 is 14.5. The number of hydrogen-bond acceptors (Lipinski definition) is 7. The van der Waals surface area contributed by atoms with Gasteiger partial charge in [-0.2, -0.15) is 10.2 Å². The van der Waals surface area contributed by atoms with E-state index in [9.17, 15) is 4.79 Å². The van der Waals surface area contributed by atoms with Crippen molar-refractivity contribution in [3.63, 3.8) is 0 Å². The highest BCUT2D eigenvalue weighted by molar-refractivity contribution is 5.75. The zero-order chi connectivity index (χ0) is 18.4. The fourth-order valence-corrected chi connectivity index (χ4v) is 3.52. The Morgan fingerprint density at radius 2 is 2.19 bits per heavy atom. The third kappa shape index (κ3) is 2.78. The molecule has 1 atom stereocenters. The van der Waals surface area contributed by atoms with Crippen LogP contribution in [0.3, 0.4) is 0 Å². The number of ether oxygens (including phenoxy) is 2. The molecule has 2 aliphatic heterocycles. The first-order valence-corrected chi connectivity index (χ1v) is 8.68. The zero-order valence-corrected chi connectivity index (χ0v) is 14.4. The van der Waals surface area contributed by atoms with Gasteiger partial charge in [0.1, 0.15) is 18.0 Å². The van der Waals surface area contributed by atoms with Crippen LogP contribution in [0.15, 0.2) is 24.5 Å². The van der Waals surface area contributed by atoms with Crippen LogP contribution in [0.25, 0.3) is 5.69 Å². The summed E-state index contributed by atoms with van der Waals surface area (Å²) in [4.78, 5) is 20.2. The van der Waals surface area contributed by atoms with E-state index in [1.165, 1.54) is 0 Å². The maximum absolute atomic E-state index is 11.4. The standard InChI is InChI=1S/C17H17N7O3/c18-14(25)6-15-21-17(10-1-4-16-19-8-20-23(16)7-10)24(22-15)11-2-3-12-13(5-11)27-9-26-12/h2-3,5,8,10H,1,4,6-7,9H2,(H2,18,25). The average molecular weight is 367 g/mol. The number of fused-ring (bicyclic) bond motifs is 2. The molecule has 0 aliphatic carbocycles. The Balaban J connectivity index is 1.55. The van der Waals surface area contributed by atoms with Crippen LogP contribution in [0.5, 0.6) is 11.5 Å². The van der Waals surface area contributed by atoms with Gasteiger partial charge >= 0.3 is 0 Å². The molecule has 27 heavy (non-hydrogen) atoms. The van der Waals surface area contributed by atoms with E-state index in [1.807, 2.05) is 22.9 Å². The second-order valence-electron chi connectivity index (χ2n) is 6.57. The highest BCUT2D eigenvalue weighted by Crippen LogP contribution is 2.35. The monoisotopic (exact) mass is 367 g/mol. The average Bonchev–Trinajstić information content (AvgIpc) is 3.38. The summed E-state index contributed by atoms with van der Waals surface area (Å²) in [5.41, 5.74) is 6.13. The number of carbonyl (C=O) groups excluding carboxylic acids is 1. The summed E-state index contributed by atoms with van der Waals surface area (Å²) in [5.74, 6) is 3.13. The number of primary amides is 1. The maximum Gasteiger partial charge on any atom is 0.231 e. The van der Waals surface area contributed by atoms with Gasteiger partial charge in [0.2, 0.25) is 12.7 Å². The SMILES string of the molecule is NC(=O)Cc1nc(C2CCc3ncnn3C2)n(-c2ccc3c(c2)OCO3)n1. The molecule has 1 unspecified atom stereocenters. The van der Waals surface area contributed by atoms with Crippen molar-refractivity contribution in [3.8, 4) is 17.2 Å². The molecular formula is C17H17N7O3. The Morgan fingerprint density at radius 1 is 1.30 bits per heavy atom. The number of nitrogens with two attached hydrogens (primary N) is 1. The Labute approximate surface area is 153 Å². The molecule has 4 heterocycles. The van der Waals surface area contributed by atoms with Crippen molar-refractivity contribution >= 4 is 5.91 Å². The van der Waals surface area contributed by atoms with Crippen LogP contribution >= 0.6 is 0 Å². The number of aromatic nitrogens is 6. The molecule has 5 rings (SSSR count). The van der Waals surface area contributed by atoms with Gasteiger partial charge in [0.25, 0.3) is 0 Å². The van der Waals surface area contributed by atoms with E-state index in [1.54, 1.807) is 11.0 Å². The fraction of sp³-hybridized carbons (Fsp3) is 0.353. The fourth-order valence-electron chi connectivity index (χ4n) is 3.52. The van der Waals surface area contributed by atoms with Gasteiger partial charge in [-0.05, 0) is 18.6 Å². The molecule has 1 amide bonds. The number of rotatable bonds is 4. The predicted octanol–water partition coefficient (Wildman–Crippen LogP) is 0.345. The largest absolute Gasteiger partial charge is 0.454 e. The van der Waals surface area contributed by atoms with E-state index >= 15 is 0 Å². The van der Waals surface area contributed by atoms with Crippen LogP contribution in [0.2, 0.25) is 0 Å². The van der Waals surface area contributed by atoms with Gasteiger partial charge < -0.3 is 15.2 Å². The minimum absolute atomic E-state index is 0.00809. The highest BCUT2D eigenvalue weighted by Gasteiger charge is 2.28. The van der Waals surface area contributed by atoms with Gasteiger partial charge in [0, 0.05) is 18.4 Å². The zero-order valence-electron chi connectivity index (χ0n) is 14.4. The molecule has 3 aromatic rings. The number of carbonyl (C=O) groups is 1. The summed E-state index contributed by atoms with van der Waals surface area (Å²) in [5, 5.41) is 8.80. The second kappa shape index (κ2) is 6.08. The van der Waals surface area contributed by atoms with Crippen molar-refractivity contribution < 1.29 is 14.3 Å². The lowest BCUT2D eigenvalue weighted by atomic mass is 9.99. The van der Waals surface area contributed by atoms with Crippen molar-refractivity contribution in [3.05, 3.63) is 42.0 Å². The third-order valence-electron chi connectivity index (χ3n) is 4.78. The van der Waals surface area contributed by atoms with Crippen LogP contribution in [-0.2, 0) is 24.2 Å². The summed E-state index contributed by atoms with van der Waals surface area (Å²) in [7, 11) is 0. The van der Waals surface area contributed by atoms with Gasteiger partial charge in [-0.1, -0.05) is 0 Å². The molecular weight excluding hydrogens is 350 g/mol. The summed E-state index contributed by atoms with van der Waals surface area (Å²) in [6.07, 6.45) is 3.24. The van der Waals surface area contributed by atoms with Crippen LogP contribution in [-0.4, -0.2) is 42.2 Å². The molecule has 0 fully saturated rings. The lowest BCUT2D eigenvalue weighted by Crippen LogP contribution is -2.22. The summed E-state index contributed by atoms with van der Waals surface area (Å²) >= 11 is 0. The molecule has 0 radical (unpaired) electrons. The molecule has 138 valence electrons. The molecule has 2 aromatic heterocycles. The maximum atomic E-state index is 11.4. The molecule has 0 saturated carbocycles. The van der Waals surface area contributed by atoms with E-state index < -0.39 is 5.91 Å². The minimum Gasteiger partial charge on any atom is -0.454 e. The molecule has 2 aliphatic rings. The van der Waals surface area contributed by atoms with E-state index in [-0.39, 0.29) is 19.1 Å². The van der Waals surface area contributed by atoms with Crippen LogP contribution < -0.4 is 15.2 Å². The smallest absolute Gasteiger partial charge is 0.231 e. The number of aryl methyl sites for hydroxylation is 1. The van der Waals surface area contributed by atoms with Crippen LogP contribution in [0.4, 0.5) is 0 Å². The number of amides is 1. The minimum atomic E-state index is -0.466. The van der Waals surface area contributed by atoms with Gasteiger partial charge in [0.15, 0.2) is 17.3 Å². The number of benzene rings is 1. The van der Waals surface area contributed by atoms with E-state index in [4.69, 9.17) is 15.2 Å². The van der Waals surface area contributed by atoms with Crippen molar-refractivity contribution in [2.24, 2.45) is 5.73 Å². The third-order valence-corrected chi connectivity index (χ3v) is 4.78. The first kappa shape index (κ1) is 15.8. The molecule has 1 aromatic carbocycles. The van der Waals surface area contributed by atoms with E-state index in [0.29, 0.717) is 23.9 Å². The van der Waals surface area contributed by atoms with Crippen molar-refractivity contribution in [1.82, 2.24) is 29.5 Å². The number of nitrogens with zero attached hydrogens (tertiary/aromatic N) is 6. The highest BCUT2D eigenvalue weighted by atomic mass is 16.7. The molecule has 0 spiro atoms. The summed E-state index contributed by atoms with van der Waals surface area (Å²) in [6.45, 7) is 0.863. The van der Waals surface area contributed by atoms with Crippen LogP contribution in [0.1, 0.15) is 29.8 Å². The van der Waals surface area contributed by atoms with Gasteiger partial charge in [-0.3, -0.25) is 4.79 Å². The van der Waals surface area contributed by atoms with Crippen molar-refractivity contribution in [2.75, 3.05) is 6.79 Å². The predicted molar refractivity (Wildman–Crippen MR) is 91.5 cm³/mol. The Hall–Kier alpha value is -3.43. The Morgan fingerprint density at radius 3 is 3.07 bits per heavy atom. The van der Waals surface area contributed by atoms with Gasteiger partial charge in [0.05, 0.1) is 18.7 Å².